The van der Waals surface area contributed by atoms with Gasteiger partial charge in [0.15, 0.2) is 0 Å². The summed E-state index contributed by atoms with van der Waals surface area (Å²) in [5, 5.41) is 5.02. The van der Waals surface area contributed by atoms with Crippen molar-refractivity contribution in [3.05, 3.63) is 114 Å². The van der Waals surface area contributed by atoms with E-state index in [9.17, 15) is 28.8 Å². The molecule has 2 N–H and O–H groups in total. The first kappa shape index (κ1) is 35.2. The van der Waals surface area contributed by atoms with Crippen LogP contribution in [0, 0.1) is 6.92 Å². The predicted octanol–water partition coefficient (Wildman–Crippen LogP) is 4.17. The monoisotopic (exact) mass is 644 g/mol. The number of carbonyl (C=O) groups is 6. The van der Waals surface area contributed by atoms with E-state index in [0.717, 1.165) is 29.8 Å². The second-order valence-corrected chi connectivity index (χ2v) is 9.43. The summed E-state index contributed by atoms with van der Waals surface area (Å²) in [6.45, 7) is 7.09. The number of anilines is 1. The molecule has 0 radical (unpaired) electrons. The number of ether oxygens (including phenoxy) is 5. The summed E-state index contributed by atoms with van der Waals surface area (Å²) in [6, 6.07) is 15.8. The van der Waals surface area contributed by atoms with Crippen molar-refractivity contribution in [2.45, 2.75) is 6.92 Å². The van der Waals surface area contributed by atoms with E-state index in [-0.39, 0.29) is 36.5 Å². The molecule has 3 aromatic rings. The molecule has 0 aliphatic heterocycles. The molecule has 0 saturated heterocycles. The fourth-order valence-electron chi connectivity index (χ4n) is 3.82. The number of carbonyl (C=O) groups excluding carboxylic acids is 6. The van der Waals surface area contributed by atoms with Crippen LogP contribution in [0.25, 0.3) is 0 Å². The molecule has 47 heavy (non-hydrogen) atoms. The maximum Gasteiger partial charge on any atom is 0.339 e. The average Bonchev–Trinajstić information content (AvgIpc) is 3.08. The minimum Gasteiger partial charge on any atom is -0.459 e. The van der Waals surface area contributed by atoms with E-state index >= 15 is 0 Å². The maximum atomic E-state index is 13.5. The third-order valence-corrected chi connectivity index (χ3v) is 6.14. The number of rotatable bonds is 15. The van der Waals surface area contributed by atoms with Crippen LogP contribution in [0.15, 0.2) is 86.0 Å². The Bertz CT molecular complexity index is 1660. The van der Waals surface area contributed by atoms with Gasteiger partial charge in [-0.3, -0.25) is 9.59 Å². The van der Waals surface area contributed by atoms with Crippen LogP contribution in [0.3, 0.4) is 0 Å². The molecule has 0 unspecified atom stereocenters. The lowest BCUT2D eigenvalue weighted by Crippen LogP contribution is -2.26. The first-order valence-corrected chi connectivity index (χ1v) is 14.0. The smallest absolute Gasteiger partial charge is 0.339 e. The molecule has 0 atom stereocenters. The van der Waals surface area contributed by atoms with E-state index in [0.29, 0.717) is 17.2 Å². The molecule has 0 spiro atoms. The van der Waals surface area contributed by atoms with E-state index < -0.39 is 47.9 Å². The Balaban J connectivity index is 1.90. The largest absolute Gasteiger partial charge is 0.459 e. The van der Waals surface area contributed by atoms with Crippen LogP contribution < -0.4 is 15.4 Å². The van der Waals surface area contributed by atoms with Crippen LogP contribution in [0.1, 0.15) is 47.0 Å². The Labute approximate surface area is 270 Å². The van der Waals surface area contributed by atoms with E-state index in [1.54, 1.807) is 24.3 Å². The summed E-state index contributed by atoms with van der Waals surface area (Å²) in [4.78, 5) is 75.1. The fourth-order valence-corrected chi connectivity index (χ4v) is 3.82. The van der Waals surface area contributed by atoms with Crippen molar-refractivity contribution in [3.63, 3.8) is 0 Å². The van der Waals surface area contributed by atoms with Crippen molar-refractivity contribution in [2.24, 2.45) is 0 Å². The van der Waals surface area contributed by atoms with E-state index in [1.807, 2.05) is 31.2 Å². The van der Waals surface area contributed by atoms with Crippen LogP contribution >= 0.6 is 0 Å². The van der Waals surface area contributed by atoms with E-state index in [1.165, 1.54) is 7.05 Å². The average molecular weight is 645 g/mol. The Morgan fingerprint density at radius 2 is 1.04 bits per heavy atom. The highest BCUT2D eigenvalue weighted by molar-refractivity contribution is 6.15. The topological polar surface area (TPSA) is 173 Å². The minimum absolute atomic E-state index is 0.288. The molecule has 2 amide bonds. The maximum absolute atomic E-state index is 13.5. The highest BCUT2D eigenvalue weighted by atomic mass is 16.6. The van der Waals surface area contributed by atoms with Crippen LogP contribution in [-0.4, -0.2) is 69.2 Å². The molecule has 3 aromatic carbocycles. The van der Waals surface area contributed by atoms with Crippen LogP contribution in [0.5, 0.6) is 11.5 Å². The molecule has 0 heterocycles. The quantitative estimate of drug-likeness (QED) is 0.105. The molecule has 3 rings (SSSR count). The Morgan fingerprint density at radius 1 is 0.617 bits per heavy atom. The lowest BCUT2D eigenvalue weighted by molar-refractivity contribution is -0.139. The van der Waals surface area contributed by atoms with Crippen molar-refractivity contribution < 1.29 is 52.5 Å². The molecule has 0 aliphatic carbocycles. The van der Waals surface area contributed by atoms with Gasteiger partial charge in [0, 0.05) is 24.9 Å². The van der Waals surface area contributed by atoms with Gasteiger partial charge in [0.05, 0.1) is 22.3 Å². The summed E-state index contributed by atoms with van der Waals surface area (Å²) < 4.78 is 25.7. The molecule has 0 fully saturated rings. The fraction of sp³-hybridized carbons (Fsp3) is 0.176. The van der Waals surface area contributed by atoms with Gasteiger partial charge in [-0.25, -0.2) is 19.2 Å². The summed E-state index contributed by atoms with van der Waals surface area (Å²) in [6.07, 6.45) is 1.86. The number of hydrogen-bond donors (Lipinski definition) is 2. The van der Waals surface area contributed by atoms with Gasteiger partial charge in [-0.2, -0.15) is 0 Å². The number of nitrogens with one attached hydrogen (secondary N) is 2. The molecular formula is C34H32N2O11. The van der Waals surface area contributed by atoms with E-state index in [2.05, 4.69) is 23.8 Å². The lowest BCUT2D eigenvalue weighted by Gasteiger charge is -2.15. The zero-order chi connectivity index (χ0) is 34.3. The van der Waals surface area contributed by atoms with Crippen molar-refractivity contribution in [3.8, 4) is 11.5 Å². The van der Waals surface area contributed by atoms with Crippen molar-refractivity contribution in [2.75, 3.05) is 38.8 Å². The second kappa shape index (κ2) is 17.3. The summed E-state index contributed by atoms with van der Waals surface area (Å²) in [5.41, 5.74) is 0.0251. The zero-order valence-electron chi connectivity index (χ0n) is 25.7. The Hall–Kier alpha value is -6.24. The molecule has 13 nitrogen and oxygen atoms in total. The van der Waals surface area contributed by atoms with Gasteiger partial charge >= 0.3 is 23.9 Å². The summed E-state index contributed by atoms with van der Waals surface area (Å²) >= 11 is 0. The molecular weight excluding hydrogens is 612 g/mol. The summed E-state index contributed by atoms with van der Waals surface area (Å²) in [5.74, 6) is -4.06. The van der Waals surface area contributed by atoms with Gasteiger partial charge in [0.2, 0.25) is 0 Å². The Morgan fingerprint density at radius 3 is 1.51 bits per heavy atom. The number of esters is 4. The highest BCUT2D eigenvalue weighted by Gasteiger charge is 2.27. The van der Waals surface area contributed by atoms with Crippen molar-refractivity contribution in [1.82, 2.24) is 5.32 Å². The standard InChI is InChI=1S/C34H32N2O11/c1-5-29(37)43-15-17-45-33(41)27-20-28(34(42)46-18-16-44-30(38)6-2)26(19-25(27)31(39)35-4)32(40)36-22-9-13-24(14-10-22)47-23-11-7-21(3)8-12-23/h5-14,19-20H,1-2,15-18H2,3-4H3,(H,35,39)(H,36,40). The number of hydrogen-bond acceptors (Lipinski definition) is 11. The third-order valence-electron chi connectivity index (χ3n) is 6.14. The van der Waals surface area contributed by atoms with E-state index in [4.69, 9.17) is 23.7 Å². The van der Waals surface area contributed by atoms with Crippen LogP contribution in [0.4, 0.5) is 5.69 Å². The molecule has 0 saturated carbocycles. The molecule has 0 bridgehead atoms. The van der Waals surface area contributed by atoms with Gasteiger partial charge in [0.25, 0.3) is 11.8 Å². The molecule has 244 valence electrons. The van der Waals surface area contributed by atoms with Gasteiger partial charge in [-0.1, -0.05) is 30.9 Å². The van der Waals surface area contributed by atoms with Gasteiger partial charge in [0.1, 0.15) is 37.9 Å². The van der Waals surface area contributed by atoms with Gasteiger partial charge in [-0.05, 0) is 55.5 Å². The number of amides is 2. The van der Waals surface area contributed by atoms with Crippen molar-refractivity contribution >= 4 is 41.4 Å². The minimum atomic E-state index is -1.07. The number of benzene rings is 3. The lowest BCUT2D eigenvalue weighted by atomic mass is 9.96. The molecule has 13 heteroatoms. The number of aryl methyl sites for hydroxylation is 1. The predicted molar refractivity (Wildman–Crippen MR) is 168 cm³/mol. The van der Waals surface area contributed by atoms with Gasteiger partial charge in [-0.15, -0.1) is 0 Å². The van der Waals surface area contributed by atoms with Gasteiger partial charge < -0.3 is 34.3 Å². The molecule has 0 aliphatic rings. The first-order valence-electron chi connectivity index (χ1n) is 14.0. The third kappa shape index (κ3) is 10.4. The first-order chi connectivity index (χ1) is 22.6. The Kier molecular flexibility index (Phi) is 13.0. The molecule has 0 aromatic heterocycles. The summed E-state index contributed by atoms with van der Waals surface area (Å²) in [7, 11) is 1.30. The second-order valence-electron chi connectivity index (χ2n) is 9.43. The normalized spacial score (nSPS) is 10.1. The SMILES string of the molecule is C=CC(=O)OCCOC(=O)c1cc(C(=O)OCCOC(=O)C=C)c(C(=O)Nc2ccc(Oc3ccc(C)cc3)cc2)cc1C(=O)NC. The highest BCUT2D eigenvalue weighted by Crippen LogP contribution is 2.25. The van der Waals surface area contributed by atoms with Crippen LogP contribution in [-0.2, 0) is 28.5 Å². The zero-order valence-corrected chi connectivity index (χ0v) is 25.7. The van der Waals surface area contributed by atoms with Crippen molar-refractivity contribution in [1.29, 1.82) is 0 Å². The van der Waals surface area contributed by atoms with Crippen LogP contribution in [0.2, 0.25) is 0 Å².